The lowest BCUT2D eigenvalue weighted by molar-refractivity contribution is 0.0112. The maximum atomic E-state index is 14.6. The van der Waals surface area contributed by atoms with Crippen LogP contribution in [0.1, 0.15) is 25.3 Å². The van der Waals surface area contributed by atoms with Crippen LogP contribution in [0.2, 0.25) is 0 Å². The van der Waals surface area contributed by atoms with E-state index in [2.05, 4.69) is 16.7 Å². The van der Waals surface area contributed by atoms with Gasteiger partial charge in [0.05, 0.1) is 6.26 Å². The van der Waals surface area contributed by atoms with Gasteiger partial charge in [-0.05, 0) is 44.3 Å². The summed E-state index contributed by atoms with van der Waals surface area (Å²) in [6.07, 6.45) is 1.99. The highest BCUT2D eigenvalue weighted by molar-refractivity contribution is 5.51. The van der Waals surface area contributed by atoms with Gasteiger partial charge in [-0.3, -0.25) is 4.90 Å². The highest BCUT2D eigenvalue weighted by Gasteiger charge is 2.39. The Kier molecular flexibility index (Phi) is 5.27. The Morgan fingerprint density at radius 3 is 2.92 bits per heavy atom. The second-order valence-electron chi connectivity index (χ2n) is 6.93. The van der Waals surface area contributed by atoms with Crippen molar-refractivity contribution in [3.05, 3.63) is 42.0 Å². The summed E-state index contributed by atoms with van der Waals surface area (Å²) in [6, 6.07) is 6.90. The monoisotopic (exact) mass is 347 g/mol. The zero-order valence-electron chi connectivity index (χ0n) is 14.4. The van der Waals surface area contributed by atoms with Crippen molar-refractivity contribution in [1.29, 1.82) is 0 Å². The fraction of sp³-hybridized carbons (Fsp3) is 0.474. The van der Waals surface area contributed by atoms with Crippen molar-refractivity contribution >= 4 is 6.72 Å². The number of pyridine rings is 1. The molecule has 0 radical (unpaired) electrons. The average molecular weight is 347 g/mol. The molecule has 2 unspecified atom stereocenters. The first-order valence-electron chi connectivity index (χ1n) is 8.50. The van der Waals surface area contributed by atoms with Crippen LogP contribution in [0.5, 0.6) is 0 Å². The molecule has 2 aromatic heterocycles. The van der Waals surface area contributed by atoms with Crippen LogP contribution in [-0.2, 0) is 6.54 Å². The third-order valence-electron chi connectivity index (χ3n) is 5.11. The van der Waals surface area contributed by atoms with Crippen molar-refractivity contribution < 1.29 is 13.2 Å². The van der Waals surface area contributed by atoms with Gasteiger partial charge in [-0.25, -0.2) is 9.37 Å². The number of alkyl halides is 1. The van der Waals surface area contributed by atoms with Crippen LogP contribution in [0.4, 0.5) is 8.78 Å². The molecule has 0 spiro atoms. The summed E-state index contributed by atoms with van der Waals surface area (Å²) < 4.78 is 34.2. The molecule has 0 bridgehead atoms. The Morgan fingerprint density at radius 1 is 1.44 bits per heavy atom. The van der Waals surface area contributed by atoms with Gasteiger partial charge in [-0.1, -0.05) is 13.0 Å². The standard InChI is InChI=1S/C19H23F2N3O/c1-19(7-9-22-2)8-10-24(13-17(19)20)12-14-5-6-15(23-18(14)21)16-4-3-11-25-16/h3-6,11,17H,2,7-10,12-13H2,1H3. The fourth-order valence-corrected chi connectivity index (χ4v) is 3.25. The summed E-state index contributed by atoms with van der Waals surface area (Å²) in [6.45, 7) is 7.38. The number of aromatic nitrogens is 1. The Morgan fingerprint density at radius 2 is 2.28 bits per heavy atom. The molecule has 0 N–H and O–H groups in total. The highest BCUT2D eigenvalue weighted by Crippen LogP contribution is 2.37. The van der Waals surface area contributed by atoms with Crippen molar-refractivity contribution in [3.63, 3.8) is 0 Å². The van der Waals surface area contributed by atoms with E-state index in [9.17, 15) is 8.78 Å². The molecule has 2 atom stereocenters. The topological polar surface area (TPSA) is 41.6 Å². The molecule has 1 saturated heterocycles. The average Bonchev–Trinajstić information content (AvgIpc) is 3.13. The summed E-state index contributed by atoms with van der Waals surface area (Å²) in [5.41, 5.74) is 0.550. The number of aliphatic imine (C=N–C) groups is 1. The number of hydrogen-bond acceptors (Lipinski definition) is 4. The quantitative estimate of drug-likeness (QED) is 0.583. The van der Waals surface area contributed by atoms with E-state index in [-0.39, 0.29) is 5.41 Å². The minimum Gasteiger partial charge on any atom is -0.463 e. The molecule has 0 aromatic carbocycles. The van der Waals surface area contributed by atoms with Crippen LogP contribution in [0.15, 0.2) is 39.9 Å². The summed E-state index contributed by atoms with van der Waals surface area (Å²) in [7, 11) is 0. The van der Waals surface area contributed by atoms with Gasteiger partial charge in [0.25, 0.3) is 0 Å². The number of rotatable bonds is 6. The normalized spacial score (nSPS) is 24.4. The first-order chi connectivity index (χ1) is 12.0. The van der Waals surface area contributed by atoms with E-state index >= 15 is 0 Å². The van der Waals surface area contributed by atoms with Gasteiger partial charge in [0.1, 0.15) is 11.9 Å². The predicted molar refractivity (Wildman–Crippen MR) is 93.8 cm³/mol. The Bertz CT molecular complexity index is 719. The maximum Gasteiger partial charge on any atom is 0.218 e. The Labute approximate surface area is 146 Å². The van der Waals surface area contributed by atoms with Crippen molar-refractivity contribution in [3.8, 4) is 11.5 Å². The lowest BCUT2D eigenvalue weighted by atomic mass is 9.76. The summed E-state index contributed by atoms with van der Waals surface area (Å²) in [5.74, 6) is -0.00709. The molecule has 1 fully saturated rings. The predicted octanol–water partition coefficient (Wildman–Crippen LogP) is 4.12. The van der Waals surface area contributed by atoms with E-state index in [4.69, 9.17) is 4.42 Å². The third kappa shape index (κ3) is 3.95. The van der Waals surface area contributed by atoms with E-state index in [0.717, 1.165) is 13.0 Å². The second-order valence-corrected chi connectivity index (χ2v) is 6.93. The maximum absolute atomic E-state index is 14.6. The first kappa shape index (κ1) is 17.7. The van der Waals surface area contributed by atoms with Gasteiger partial charge in [0.15, 0.2) is 5.76 Å². The first-order valence-corrected chi connectivity index (χ1v) is 8.50. The molecule has 0 amide bonds. The fourth-order valence-electron chi connectivity index (χ4n) is 3.25. The van der Waals surface area contributed by atoms with Gasteiger partial charge in [0, 0.05) is 30.6 Å². The van der Waals surface area contributed by atoms with E-state index in [1.807, 2.05) is 11.8 Å². The Hall–Kier alpha value is -2.08. The molecule has 3 heterocycles. The molecule has 25 heavy (non-hydrogen) atoms. The molecule has 0 aliphatic carbocycles. The van der Waals surface area contributed by atoms with E-state index in [1.54, 1.807) is 24.3 Å². The Balaban J connectivity index is 1.64. The van der Waals surface area contributed by atoms with Crippen LogP contribution in [0.25, 0.3) is 11.5 Å². The van der Waals surface area contributed by atoms with Crippen LogP contribution in [0.3, 0.4) is 0 Å². The van der Waals surface area contributed by atoms with Crippen molar-refractivity contribution in [2.45, 2.75) is 32.5 Å². The van der Waals surface area contributed by atoms with Gasteiger partial charge >= 0.3 is 0 Å². The molecule has 134 valence electrons. The summed E-state index contributed by atoms with van der Waals surface area (Å²) in [4.78, 5) is 9.76. The highest BCUT2D eigenvalue weighted by atomic mass is 19.1. The van der Waals surface area contributed by atoms with E-state index < -0.39 is 12.1 Å². The van der Waals surface area contributed by atoms with Gasteiger partial charge in [0.2, 0.25) is 5.95 Å². The van der Waals surface area contributed by atoms with Crippen molar-refractivity contribution in [1.82, 2.24) is 9.88 Å². The molecule has 0 saturated carbocycles. The second kappa shape index (κ2) is 7.44. The minimum absolute atomic E-state index is 0.299. The number of halogens is 2. The van der Waals surface area contributed by atoms with Crippen molar-refractivity contribution in [2.24, 2.45) is 10.4 Å². The number of nitrogens with zero attached hydrogens (tertiary/aromatic N) is 3. The number of likely N-dealkylation sites (tertiary alicyclic amines) is 1. The third-order valence-corrected chi connectivity index (χ3v) is 5.11. The zero-order valence-corrected chi connectivity index (χ0v) is 14.4. The minimum atomic E-state index is -0.957. The molecular weight excluding hydrogens is 324 g/mol. The van der Waals surface area contributed by atoms with Gasteiger partial charge in [-0.2, -0.15) is 4.39 Å². The molecule has 4 nitrogen and oxygen atoms in total. The molecule has 2 aromatic rings. The van der Waals surface area contributed by atoms with E-state index in [1.165, 1.54) is 6.26 Å². The number of furan rings is 1. The largest absolute Gasteiger partial charge is 0.463 e. The number of hydrogen-bond donors (Lipinski definition) is 0. The molecule has 3 rings (SSSR count). The lowest BCUT2D eigenvalue weighted by Crippen LogP contribution is -2.47. The zero-order chi connectivity index (χ0) is 17.9. The number of piperidine rings is 1. The molecule has 6 heteroatoms. The van der Waals surface area contributed by atoms with E-state index in [0.29, 0.717) is 43.1 Å². The molecular formula is C19H23F2N3O. The molecule has 1 aliphatic heterocycles. The van der Waals surface area contributed by atoms with Gasteiger partial charge in [-0.15, -0.1) is 0 Å². The van der Waals surface area contributed by atoms with Crippen molar-refractivity contribution in [2.75, 3.05) is 19.6 Å². The SMILES string of the molecule is C=NCCC1(C)CCN(Cc2ccc(-c3ccco3)nc2F)CC1F. The van der Waals surface area contributed by atoms with Gasteiger partial charge < -0.3 is 9.41 Å². The molecule has 1 aliphatic rings. The smallest absolute Gasteiger partial charge is 0.218 e. The summed E-state index contributed by atoms with van der Waals surface area (Å²) in [5, 5.41) is 0. The summed E-state index contributed by atoms with van der Waals surface area (Å²) >= 11 is 0. The lowest BCUT2D eigenvalue weighted by Gasteiger charge is -2.42. The van der Waals surface area contributed by atoms with Crippen LogP contribution in [0, 0.1) is 11.4 Å². The van der Waals surface area contributed by atoms with Crippen LogP contribution >= 0.6 is 0 Å². The van der Waals surface area contributed by atoms with Crippen LogP contribution < -0.4 is 0 Å². The van der Waals surface area contributed by atoms with Crippen LogP contribution in [-0.4, -0.2) is 42.4 Å².